The molecule has 94 valence electrons. The Balaban J connectivity index is 4.42. The summed E-state index contributed by atoms with van der Waals surface area (Å²) in [5, 5.41) is 5.49. The molecule has 0 aliphatic carbocycles. The van der Waals surface area contributed by atoms with Gasteiger partial charge < -0.3 is 15.4 Å². The number of nitrogens with one attached hydrogen (secondary N) is 2. The molecule has 2 atom stereocenters. The van der Waals surface area contributed by atoms with E-state index in [-0.39, 0.29) is 11.9 Å². The summed E-state index contributed by atoms with van der Waals surface area (Å²) >= 11 is 0. The fraction of sp³-hybridized carbons (Fsp3) is 0.818. The quantitative estimate of drug-likeness (QED) is 0.644. The molecule has 1 unspecified atom stereocenters. The van der Waals surface area contributed by atoms with Crippen LogP contribution < -0.4 is 10.6 Å². The molecule has 0 fully saturated rings. The van der Waals surface area contributed by atoms with E-state index in [0.29, 0.717) is 12.3 Å². The fourth-order valence-electron chi connectivity index (χ4n) is 1.26. The third kappa shape index (κ3) is 5.11. The van der Waals surface area contributed by atoms with E-state index >= 15 is 0 Å². The molecular weight excluding hydrogens is 208 g/mol. The number of amides is 1. The van der Waals surface area contributed by atoms with Gasteiger partial charge >= 0.3 is 5.97 Å². The first-order valence-corrected chi connectivity index (χ1v) is 5.47. The molecule has 0 saturated carbocycles. The van der Waals surface area contributed by atoms with Crippen LogP contribution in [0.25, 0.3) is 0 Å². The Kier molecular flexibility index (Phi) is 6.72. The van der Waals surface area contributed by atoms with Gasteiger partial charge in [-0.05, 0) is 26.3 Å². The summed E-state index contributed by atoms with van der Waals surface area (Å²) in [7, 11) is 3.02. The van der Waals surface area contributed by atoms with Gasteiger partial charge in [0, 0.05) is 0 Å². The van der Waals surface area contributed by atoms with Crippen molar-refractivity contribution >= 4 is 11.9 Å². The highest BCUT2D eigenvalue weighted by molar-refractivity contribution is 5.87. The predicted octanol–water partition coefficient (Wildman–Crippen LogP) is 0.298. The van der Waals surface area contributed by atoms with Gasteiger partial charge in [0.15, 0.2) is 0 Å². The highest BCUT2D eigenvalue weighted by Gasteiger charge is 2.24. The van der Waals surface area contributed by atoms with Crippen molar-refractivity contribution in [3.8, 4) is 0 Å². The normalized spacial score (nSPS) is 14.4. The van der Waals surface area contributed by atoms with Gasteiger partial charge in [0.05, 0.1) is 13.2 Å². The lowest BCUT2D eigenvalue weighted by Gasteiger charge is -2.20. The topological polar surface area (TPSA) is 67.4 Å². The maximum Gasteiger partial charge on any atom is 0.328 e. The second kappa shape index (κ2) is 7.22. The number of rotatable bonds is 6. The monoisotopic (exact) mass is 230 g/mol. The van der Waals surface area contributed by atoms with Gasteiger partial charge in [0.2, 0.25) is 5.91 Å². The van der Waals surface area contributed by atoms with Crippen LogP contribution in [0.15, 0.2) is 0 Å². The standard InChI is InChI=1S/C11H22N2O3/c1-7(2)6-9(11(15)16-5)13-10(14)8(3)12-4/h7-9,12H,6H2,1-5H3,(H,13,14)/t8?,9-/m0/s1. The second-order valence-electron chi connectivity index (χ2n) is 4.22. The highest BCUT2D eigenvalue weighted by Crippen LogP contribution is 2.06. The first-order valence-electron chi connectivity index (χ1n) is 5.47. The van der Waals surface area contributed by atoms with E-state index in [1.807, 2.05) is 13.8 Å². The molecule has 0 aromatic heterocycles. The van der Waals surface area contributed by atoms with Crippen molar-refractivity contribution in [3.05, 3.63) is 0 Å². The summed E-state index contributed by atoms with van der Waals surface area (Å²) in [4.78, 5) is 23.0. The largest absolute Gasteiger partial charge is 0.467 e. The Hall–Kier alpha value is -1.10. The summed E-state index contributed by atoms with van der Waals surface area (Å²) < 4.78 is 4.65. The summed E-state index contributed by atoms with van der Waals surface area (Å²) in [6.07, 6.45) is 0.578. The Morgan fingerprint density at radius 3 is 2.19 bits per heavy atom. The van der Waals surface area contributed by atoms with Crippen molar-refractivity contribution in [2.24, 2.45) is 5.92 Å². The minimum absolute atomic E-state index is 0.196. The van der Waals surface area contributed by atoms with Crippen LogP contribution in [-0.2, 0) is 14.3 Å². The molecule has 0 heterocycles. The Morgan fingerprint density at radius 1 is 1.25 bits per heavy atom. The number of methoxy groups -OCH3 is 1. The van der Waals surface area contributed by atoms with E-state index in [4.69, 9.17) is 0 Å². The minimum Gasteiger partial charge on any atom is -0.467 e. The number of ether oxygens (including phenoxy) is 1. The molecule has 0 aliphatic heterocycles. The zero-order chi connectivity index (χ0) is 12.7. The van der Waals surface area contributed by atoms with Crippen LogP contribution in [0.4, 0.5) is 0 Å². The maximum atomic E-state index is 11.6. The third-order valence-electron chi connectivity index (χ3n) is 2.34. The summed E-state index contributed by atoms with van der Waals surface area (Å²) in [6.45, 7) is 5.71. The number of carbonyl (C=O) groups excluding carboxylic acids is 2. The van der Waals surface area contributed by atoms with Crippen LogP contribution in [0.5, 0.6) is 0 Å². The average Bonchev–Trinajstić information content (AvgIpc) is 2.25. The highest BCUT2D eigenvalue weighted by atomic mass is 16.5. The van der Waals surface area contributed by atoms with Crippen LogP contribution in [0.3, 0.4) is 0 Å². The molecule has 0 aromatic rings. The van der Waals surface area contributed by atoms with E-state index in [1.165, 1.54) is 7.11 Å². The van der Waals surface area contributed by atoms with E-state index in [9.17, 15) is 9.59 Å². The first-order chi connectivity index (χ1) is 7.42. The maximum absolute atomic E-state index is 11.6. The molecule has 5 nitrogen and oxygen atoms in total. The molecular formula is C11H22N2O3. The molecule has 1 amide bonds. The average molecular weight is 230 g/mol. The van der Waals surface area contributed by atoms with Crippen LogP contribution in [0, 0.1) is 5.92 Å². The number of esters is 1. The zero-order valence-electron chi connectivity index (χ0n) is 10.7. The van der Waals surface area contributed by atoms with Crippen LogP contribution in [0.1, 0.15) is 27.2 Å². The molecule has 0 rings (SSSR count). The summed E-state index contributed by atoms with van der Waals surface area (Å²) in [5.74, 6) is -0.279. The smallest absolute Gasteiger partial charge is 0.328 e. The van der Waals surface area contributed by atoms with E-state index in [1.54, 1.807) is 14.0 Å². The molecule has 0 radical (unpaired) electrons. The van der Waals surface area contributed by atoms with Gasteiger partial charge in [-0.25, -0.2) is 4.79 Å². The molecule has 2 N–H and O–H groups in total. The van der Waals surface area contributed by atoms with Gasteiger partial charge in [0.25, 0.3) is 0 Å². The Bertz CT molecular complexity index is 241. The molecule has 16 heavy (non-hydrogen) atoms. The molecule has 5 heteroatoms. The first kappa shape index (κ1) is 14.9. The number of likely N-dealkylation sites (N-methyl/N-ethyl adjacent to an activating group) is 1. The van der Waals surface area contributed by atoms with E-state index in [2.05, 4.69) is 15.4 Å². The molecule has 0 bridgehead atoms. The second-order valence-corrected chi connectivity index (χ2v) is 4.22. The van der Waals surface area contributed by atoms with E-state index < -0.39 is 12.0 Å². The van der Waals surface area contributed by atoms with Gasteiger partial charge in [-0.15, -0.1) is 0 Å². The lowest BCUT2D eigenvalue weighted by molar-refractivity contribution is -0.145. The predicted molar refractivity (Wildman–Crippen MR) is 61.9 cm³/mol. The van der Waals surface area contributed by atoms with Gasteiger partial charge in [-0.3, -0.25) is 4.79 Å². The number of hydrogen-bond acceptors (Lipinski definition) is 4. The van der Waals surface area contributed by atoms with Crippen LogP contribution in [0.2, 0.25) is 0 Å². The minimum atomic E-state index is -0.562. The molecule has 0 aliphatic rings. The lowest BCUT2D eigenvalue weighted by atomic mass is 10.0. The Labute approximate surface area is 96.9 Å². The van der Waals surface area contributed by atoms with E-state index in [0.717, 1.165) is 0 Å². The van der Waals surface area contributed by atoms with Crippen molar-refractivity contribution in [2.45, 2.75) is 39.3 Å². The van der Waals surface area contributed by atoms with Gasteiger partial charge in [-0.2, -0.15) is 0 Å². The lowest BCUT2D eigenvalue weighted by Crippen LogP contribution is -2.49. The van der Waals surface area contributed by atoms with Crippen molar-refractivity contribution < 1.29 is 14.3 Å². The number of carbonyl (C=O) groups is 2. The zero-order valence-corrected chi connectivity index (χ0v) is 10.7. The molecule has 0 saturated heterocycles. The SMILES string of the molecule is CNC(C)C(=O)N[C@@H](CC(C)C)C(=O)OC. The summed E-state index contributed by atoms with van der Waals surface area (Å²) in [5.41, 5.74) is 0. The van der Waals surface area contributed by atoms with Crippen molar-refractivity contribution in [1.29, 1.82) is 0 Å². The van der Waals surface area contributed by atoms with Crippen molar-refractivity contribution in [1.82, 2.24) is 10.6 Å². The van der Waals surface area contributed by atoms with Crippen LogP contribution in [-0.4, -0.2) is 38.1 Å². The van der Waals surface area contributed by atoms with Gasteiger partial charge in [-0.1, -0.05) is 13.8 Å². The molecule has 0 spiro atoms. The fourth-order valence-corrected chi connectivity index (χ4v) is 1.26. The number of hydrogen-bond donors (Lipinski definition) is 2. The third-order valence-corrected chi connectivity index (χ3v) is 2.34. The summed E-state index contributed by atoms with van der Waals surface area (Å²) in [6, 6.07) is -0.882. The van der Waals surface area contributed by atoms with Crippen molar-refractivity contribution in [2.75, 3.05) is 14.2 Å². The van der Waals surface area contributed by atoms with Crippen LogP contribution >= 0.6 is 0 Å². The van der Waals surface area contributed by atoms with Crippen molar-refractivity contribution in [3.63, 3.8) is 0 Å². The van der Waals surface area contributed by atoms with Gasteiger partial charge in [0.1, 0.15) is 6.04 Å². The molecule has 0 aromatic carbocycles. The Morgan fingerprint density at radius 2 is 1.81 bits per heavy atom.